The Morgan fingerprint density at radius 3 is 2.37 bits per heavy atom. The number of aromatic nitrogens is 1. The molecule has 1 aromatic carbocycles. The van der Waals surface area contributed by atoms with E-state index in [2.05, 4.69) is 10.3 Å². The van der Waals surface area contributed by atoms with Crippen molar-refractivity contribution in [2.45, 2.75) is 40.9 Å². The van der Waals surface area contributed by atoms with Crippen molar-refractivity contribution in [1.82, 2.24) is 10.3 Å². The Balaban J connectivity index is 1.87. The number of halogens is 7. The number of rotatable bonds is 6. The number of aliphatic hydroxyl groups excluding tert-OH is 3. The quantitative estimate of drug-likeness (QED) is 0.278. The van der Waals surface area contributed by atoms with Crippen molar-refractivity contribution < 1.29 is 46.4 Å². The highest BCUT2D eigenvalue weighted by Gasteiger charge is 2.46. The van der Waals surface area contributed by atoms with Gasteiger partial charge in [0.2, 0.25) is 0 Å². The number of nitrogens with one attached hydrogen (secondary N) is 1. The molecule has 0 saturated carbocycles. The molecule has 0 aliphatic carbocycles. The number of hydrogen-bond donors (Lipinski definition) is 5. The molecule has 0 amide bonds. The van der Waals surface area contributed by atoms with Crippen molar-refractivity contribution in [3.05, 3.63) is 64.3 Å². The van der Waals surface area contributed by atoms with Gasteiger partial charge in [-0.2, -0.15) is 13.2 Å². The Labute approximate surface area is 203 Å². The van der Waals surface area contributed by atoms with Gasteiger partial charge in [0.15, 0.2) is 23.1 Å². The van der Waals surface area contributed by atoms with Crippen molar-refractivity contribution in [2.75, 3.05) is 6.61 Å². The second kappa shape index (κ2) is 10.8. The number of nitrogens with zero attached hydrogens (tertiary/aromatic N) is 1. The third kappa shape index (κ3) is 6.13. The summed E-state index contributed by atoms with van der Waals surface area (Å²) < 4.78 is 85.6. The largest absolute Gasteiger partial charge is 0.434 e. The van der Waals surface area contributed by atoms with E-state index in [4.69, 9.17) is 22.1 Å². The molecule has 1 saturated heterocycles. The molecular weight excluding hydrogens is 528 g/mol. The highest BCUT2D eigenvalue weighted by molar-refractivity contribution is 7.99. The van der Waals surface area contributed by atoms with Crippen LogP contribution >= 0.6 is 23.4 Å². The molecule has 0 radical (unpaired) electrons. The van der Waals surface area contributed by atoms with E-state index in [1.54, 1.807) is 0 Å². The fourth-order valence-corrected chi connectivity index (χ4v) is 4.68. The van der Waals surface area contributed by atoms with E-state index in [0.717, 1.165) is 18.5 Å². The molecular formula is C20H18ClF6N3O4S. The lowest BCUT2D eigenvalue weighted by atomic mass is 9.97. The first-order valence-corrected chi connectivity index (χ1v) is 11.0. The molecule has 6 N–H and O–H groups in total. The van der Waals surface area contributed by atoms with Gasteiger partial charge in [-0.05, 0) is 18.2 Å². The van der Waals surface area contributed by atoms with Gasteiger partial charge in [0.1, 0.15) is 23.7 Å². The molecule has 2 heterocycles. The molecule has 7 nitrogen and oxygen atoms in total. The second-order valence-corrected chi connectivity index (χ2v) is 8.95. The Hall–Kier alpha value is -2.23. The van der Waals surface area contributed by atoms with E-state index in [1.807, 2.05) is 0 Å². The maximum Gasteiger partial charge on any atom is 0.434 e. The summed E-state index contributed by atoms with van der Waals surface area (Å²) in [5.41, 5.74) is 2.41. The summed E-state index contributed by atoms with van der Waals surface area (Å²) >= 11 is 6.17. The summed E-state index contributed by atoms with van der Waals surface area (Å²) in [5.74, 6) is -4.71. The van der Waals surface area contributed by atoms with Crippen LogP contribution in [-0.2, 0) is 10.9 Å². The molecule has 1 aromatic heterocycles. The standard InChI is InChI=1S/C20H18ClF6N3O4S/c21-8-3-13(18(30-4-8)20(25,26)27)35-19-17(33)15(16(32)12(6-31)34-19)29-5-11(28)7-1-9(22)14(24)10(23)2-7/h1-5,12,15-17,19,29,31-33H,6,28H2/b11-5-. The number of ether oxygens (including phenoxy) is 1. The summed E-state index contributed by atoms with van der Waals surface area (Å²) in [6.07, 6.45) is -7.72. The van der Waals surface area contributed by atoms with E-state index in [0.29, 0.717) is 23.9 Å². The van der Waals surface area contributed by atoms with Gasteiger partial charge in [0.25, 0.3) is 0 Å². The van der Waals surface area contributed by atoms with Crippen LogP contribution in [0.25, 0.3) is 5.70 Å². The van der Waals surface area contributed by atoms with Crippen molar-refractivity contribution in [3.63, 3.8) is 0 Å². The fourth-order valence-electron chi connectivity index (χ4n) is 3.22. The van der Waals surface area contributed by atoms with Crippen molar-refractivity contribution >= 4 is 29.1 Å². The van der Waals surface area contributed by atoms with E-state index in [9.17, 15) is 41.7 Å². The Kier molecular flexibility index (Phi) is 8.44. The van der Waals surface area contributed by atoms with Crippen LogP contribution in [0, 0.1) is 17.5 Å². The van der Waals surface area contributed by atoms with Crippen molar-refractivity contribution in [3.8, 4) is 0 Å². The van der Waals surface area contributed by atoms with Crippen LogP contribution in [0.15, 0.2) is 35.5 Å². The summed E-state index contributed by atoms with van der Waals surface area (Å²) in [5, 5.41) is 33.1. The highest BCUT2D eigenvalue weighted by Crippen LogP contribution is 2.41. The Morgan fingerprint density at radius 1 is 1.17 bits per heavy atom. The smallest absolute Gasteiger partial charge is 0.397 e. The number of alkyl halides is 3. The van der Waals surface area contributed by atoms with Crippen LogP contribution in [0.1, 0.15) is 11.3 Å². The molecule has 2 aromatic rings. The van der Waals surface area contributed by atoms with Crippen molar-refractivity contribution in [2.24, 2.45) is 5.73 Å². The van der Waals surface area contributed by atoms with E-state index in [-0.39, 0.29) is 16.3 Å². The molecule has 1 aliphatic heterocycles. The zero-order chi connectivity index (χ0) is 26.1. The first-order chi connectivity index (χ1) is 16.3. The summed E-state index contributed by atoms with van der Waals surface area (Å²) in [4.78, 5) is 2.80. The van der Waals surface area contributed by atoms with Gasteiger partial charge in [-0.25, -0.2) is 18.2 Å². The van der Waals surface area contributed by atoms with Gasteiger partial charge in [0.05, 0.1) is 23.4 Å². The number of nitrogens with two attached hydrogens (primary N) is 1. The van der Waals surface area contributed by atoms with Crippen LogP contribution in [0.3, 0.4) is 0 Å². The van der Waals surface area contributed by atoms with Crippen molar-refractivity contribution in [1.29, 1.82) is 0 Å². The average molecular weight is 546 g/mol. The van der Waals surface area contributed by atoms with Gasteiger partial charge >= 0.3 is 6.18 Å². The number of hydrogen-bond acceptors (Lipinski definition) is 8. The summed E-state index contributed by atoms with van der Waals surface area (Å²) in [6.45, 7) is -0.767. The molecule has 192 valence electrons. The predicted octanol–water partition coefficient (Wildman–Crippen LogP) is 2.62. The van der Waals surface area contributed by atoms with Crippen LogP contribution in [0.2, 0.25) is 5.02 Å². The Bertz CT molecular complexity index is 1090. The Morgan fingerprint density at radius 2 is 1.80 bits per heavy atom. The van der Waals surface area contributed by atoms with Crippen LogP contribution in [-0.4, -0.2) is 56.7 Å². The minimum absolute atomic E-state index is 0.117. The molecule has 3 rings (SSSR count). The normalized spacial score (nSPS) is 25.5. The second-order valence-electron chi connectivity index (χ2n) is 7.37. The topological polar surface area (TPSA) is 121 Å². The number of benzene rings is 1. The number of thioether (sulfide) groups is 1. The zero-order valence-electron chi connectivity index (χ0n) is 17.3. The fraction of sp³-hybridized carbons (Fsp3) is 0.350. The number of aliphatic hydroxyl groups is 3. The predicted molar refractivity (Wildman–Crippen MR) is 113 cm³/mol. The van der Waals surface area contributed by atoms with E-state index >= 15 is 0 Å². The maximum atomic E-state index is 13.5. The lowest BCUT2D eigenvalue weighted by molar-refractivity contribution is -0.164. The average Bonchev–Trinajstić information content (AvgIpc) is 2.77. The zero-order valence-corrected chi connectivity index (χ0v) is 18.9. The van der Waals surface area contributed by atoms with Crippen LogP contribution < -0.4 is 11.1 Å². The maximum absolute atomic E-state index is 13.5. The first kappa shape index (κ1) is 27.4. The minimum atomic E-state index is -4.85. The molecule has 0 bridgehead atoms. The van der Waals surface area contributed by atoms with Crippen LogP contribution in [0.4, 0.5) is 26.3 Å². The molecule has 5 unspecified atom stereocenters. The molecule has 1 fully saturated rings. The lowest BCUT2D eigenvalue weighted by Crippen LogP contribution is -2.62. The van der Waals surface area contributed by atoms with Gasteiger partial charge in [0, 0.05) is 22.9 Å². The SMILES string of the molecule is N/C(=C\NC1C(O)C(CO)OC(Sc2cc(Cl)cnc2C(F)(F)F)C1O)c1cc(F)c(F)c(F)c1. The molecule has 5 atom stereocenters. The molecule has 15 heteroatoms. The summed E-state index contributed by atoms with van der Waals surface area (Å²) in [7, 11) is 0. The molecule has 1 aliphatic rings. The molecule has 0 spiro atoms. The first-order valence-electron chi connectivity index (χ1n) is 9.72. The van der Waals surface area contributed by atoms with Crippen LogP contribution in [0.5, 0.6) is 0 Å². The highest BCUT2D eigenvalue weighted by atomic mass is 35.5. The third-order valence-electron chi connectivity index (χ3n) is 4.96. The lowest BCUT2D eigenvalue weighted by Gasteiger charge is -2.42. The minimum Gasteiger partial charge on any atom is -0.397 e. The van der Waals surface area contributed by atoms with Gasteiger partial charge in [-0.3, -0.25) is 0 Å². The number of pyridine rings is 1. The van der Waals surface area contributed by atoms with E-state index in [1.165, 1.54) is 0 Å². The van der Waals surface area contributed by atoms with Gasteiger partial charge in [-0.15, -0.1) is 0 Å². The monoisotopic (exact) mass is 545 g/mol. The summed E-state index contributed by atoms with van der Waals surface area (Å²) in [6, 6.07) is 0.828. The van der Waals surface area contributed by atoms with E-state index < -0.39 is 70.6 Å². The third-order valence-corrected chi connectivity index (χ3v) is 6.36. The van der Waals surface area contributed by atoms with Gasteiger partial charge in [-0.1, -0.05) is 23.4 Å². The van der Waals surface area contributed by atoms with Gasteiger partial charge < -0.3 is 31.1 Å². The molecule has 35 heavy (non-hydrogen) atoms.